The summed E-state index contributed by atoms with van der Waals surface area (Å²) in [5, 5.41) is 17.9. The Hall–Kier alpha value is -1.01. The Labute approximate surface area is 158 Å². The minimum Gasteiger partial charge on any atom is -0.465 e. The molecule has 4 aliphatic carbocycles. The zero-order chi connectivity index (χ0) is 19.7. The Morgan fingerprint density at radius 3 is 2.41 bits per heavy atom. The molecule has 4 rings (SSSR count). The van der Waals surface area contributed by atoms with Crippen LogP contribution >= 0.6 is 12.0 Å². The molecule has 4 fully saturated rings. The van der Waals surface area contributed by atoms with E-state index in [0.717, 1.165) is 19.3 Å². The first-order chi connectivity index (χ1) is 12.7. The lowest BCUT2D eigenvalue weighted by molar-refractivity contribution is -0.433. The smallest absolute Gasteiger partial charge is 0.354 e. The van der Waals surface area contributed by atoms with E-state index in [1.165, 1.54) is 0 Å². The van der Waals surface area contributed by atoms with Crippen molar-refractivity contribution in [2.24, 2.45) is 17.3 Å². The van der Waals surface area contributed by atoms with Crippen molar-refractivity contribution in [1.29, 1.82) is 0 Å². The van der Waals surface area contributed by atoms with E-state index in [4.69, 9.17) is 9.99 Å². The van der Waals surface area contributed by atoms with Crippen LogP contribution in [-0.2, 0) is 28.4 Å². The number of aliphatic hydroxyl groups is 1. The number of carbonyl (C=O) groups excluding carboxylic acids is 2. The molecule has 4 bridgehead atoms. The maximum atomic E-state index is 13.1. The van der Waals surface area contributed by atoms with Crippen LogP contribution in [0.5, 0.6) is 0 Å². The third-order valence-corrected chi connectivity index (χ3v) is 6.08. The van der Waals surface area contributed by atoms with Crippen molar-refractivity contribution in [2.75, 3.05) is 13.2 Å². The fraction of sp³-hybridized carbons (Fsp3) is 0.875. The number of carbonyl (C=O) groups is 2. The average Bonchev–Trinajstić information content (AvgIpc) is 2.56. The zero-order valence-corrected chi connectivity index (χ0v) is 15.3. The van der Waals surface area contributed by atoms with E-state index in [1.54, 1.807) is 0 Å². The highest BCUT2D eigenvalue weighted by molar-refractivity contribution is 7.95. The second kappa shape index (κ2) is 7.78. The lowest BCUT2D eigenvalue weighted by atomic mass is 9.48. The average molecular weight is 412 g/mol. The number of hydrogen-bond donors (Lipinski definition) is 2. The first-order valence-corrected chi connectivity index (χ1v) is 9.48. The summed E-state index contributed by atoms with van der Waals surface area (Å²) in [6, 6.07) is 0. The summed E-state index contributed by atoms with van der Waals surface area (Å²) in [5.74, 6) is -0.758. The Morgan fingerprint density at radius 2 is 1.81 bits per heavy atom. The highest BCUT2D eigenvalue weighted by atomic mass is 32.2. The van der Waals surface area contributed by atoms with E-state index in [9.17, 15) is 23.5 Å². The van der Waals surface area contributed by atoms with Gasteiger partial charge in [-0.05, 0) is 50.4 Å². The fourth-order valence-electron chi connectivity index (χ4n) is 5.16. The lowest BCUT2D eigenvalue weighted by Gasteiger charge is -2.58. The molecule has 2 unspecified atom stereocenters. The van der Waals surface area contributed by atoms with E-state index in [2.05, 4.69) is 14.1 Å². The van der Waals surface area contributed by atoms with Gasteiger partial charge >= 0.3 is 17.2 Å². The van der Waals surface area contributed by atoms with Crippen LogP contribution in [0.15, 0.2) is 0 Å². The van der Waals surface area contributed by atoms with Gasteiger partial charge < -0.3 is 14.6 Å². The molecular weight excluding hydrogens is 390 g/mol. The van der Waals surface area contributed by atoms with Crippen molar-refractivity contribution in [1.82, 2.24) is 0 Å². The van der Waals surface area contributed by atoms with Gasteiger partial charge in [0.2, 0.25) is 0 Å². The number of alkyl halides is 2. The van der Waals surface area contributed by atoms with Crippen LogP contribution < -0.4 is 0 Å². The van der Waals surface area contributed by atoms with Crippen LogP contribution in [0.25, 0.3) is 0 Å². The van der Waals surface area contributed by atoms with Gasteiger partial charge in [0.05, 0.1) is 17.4 Å². The molecule has 27 heavy (non-hydrogen) atoms. The standard InChI is InChI=1S/C16H22F2O8S/c17-16(18,27-26-25-22)9-24-12(19)1-2-23-13(20)14-4-10-3-11(5-14)7-15(21,6-10)8-14/h10-11,21-22H,1-9H2. The predicted molar refractivity (Wildman–Crippen MR) is 85.9 cm³/mol. The van der Waals surface area contributed by atoms with Crippen LogP contribution in [0.2, 0.25) is 0 Å². The van der Waals surface area contributed by atoms with E-state index in [-0.39, 0.29) is 13.0 Å². The van der Waals surface area contributed by atoms with Gasteiger partial charge in [0.15, 0.2) is 6.61 Å². The summed E-state index contributed by atoms with van der Waals surface area (Å²) in [4.78, 5) is 24.1. The summed E-state index contributed by atoms with van der Waals surface area (Å²) in [7, 11) is 0. The van der Waals surface area contributed by atoms with Crippen molar-refractivity contribution in [3.8, 4) is 0 Å². The number of rotatable bonds is 9. The van der Waals surface area contributed by atoms with Gasteiger partial charge in [0, 0.05) is 0 Å². The van der Waals surface area contributed by atoms with Crippen molar-refractivity contribution in [2.45, 2.75) is 55.8 Å². The van der Waals surface area contributed by atoms with Crippen molar-refractivity contribution in [3.63, 3.8) is 0 Å². The highest BCUT2D eigenvalue weighted by Gasteiger charge is 2.60. The van der Waals surface area contributed by atoms with Crippen LogP contribution in [0.1, 0.15) is 44.9 Å². The first kappa shape index (κ1) is 20.7. The maximum Gasteiger partial charge on any atom is 0.354 e. The number of ether oxygens (including phenoxy) is 2. The molecular formula is C16H22F2O8S. The lowest BCUT2D eigenvalue weighted by Crippen LogP contribution is -2.58. The van der Waals surface area contributed by atoms with Gasteiger partial charge in [-0.25, -0.2) is 5.26 Å². The molecule has 8 nitrogen and oxygen atoms in total. The minimum atomic E-state index is -3.61. The molecule has 0 aromatic carbocycles. The normalized spacial score (nSPS) is 34.5. The van der Waals surface area contributed by atoms with Crippen LogP contribution in [0.3, 0.4) is 0 Å². The summed E-state index contributed by atoms with van der Waals surface area (Å²) in [6.07, 6.45) is 3.87. The third kappa shape index (κ3) is 4.89. The summed E-state index contributed by atoms with van der Waals surface area (Å²) in [6.45, 7) is -1.56. The number of halogens is 2. The molecule has 4 saturated carbocycles. The van der Waals surface area contributed by atoms with Crippen molar-refractivity contribution >= 4 is 24.0 Å². The van der Waals surface area contributed by atoms with Gasteiger partial charge in [-0.2, -0.15) is 8.78 Å². The molecule has 0 heterocycles. The second-order valence-corrected chi connectivity index (χ2v) is 8.78. The van der Waals surface area contributed by atoms with E-state index >= 15 is 0 Å². The predicted octanol–water partition coefficient (Wildman–Crippen LogP) is 2.46. The van der Waals surface area contributed by atoms with Crippen LogP contribution in [0.4, 0.5) is 8.78 Å². The molecule has 0 spiro atoms. The molecule has 2 N–H and O–H groups in total. The first-order valence-electron chi connectivity index (χ1n) is 8.74. The third-order valence-electron chi connectivity index (χ3n) is 5.59. The second-order valence-electron chi connectivity index (χ2n) is 7.88. The molecule has 154 valence electrons. The largest absolute Gasteiger partial charge is 0.465 e. The van der Waals surface area contributed by atoms with E-state index in [0.29, 0.717) is 31.1 Å². The van der Waals surface area contributed by atoms with Gasteiger partial charge in [0.1, 0.15) is 18.6 Å². The maximum absolute atomic E-state index is 13.1. The van der Waals surface area contributed by atoms with Gasteiger partial charge in [-0.15, -0.1) is 4.33 Å². The molecule has 0 saturated heterocycles. The molecule has 0 amide bonds. The van der Waals surface area contributed by atoms with Crippen molar-refractivity contribution in [3.05, 3.63) is 0 Å². The Kier molecular flexibility index (Phi) is 5.97. The minimum absolute atomic E-state index is 0.276. The molecule has 0 aromatic heterocycles. The summed E-state index contributed by atoms with van der Waals surface area (Å²) < 4.78 is 39.5. The van der Waals surface area contributed by atoms with E-state index in [1.807, 2.05) is 0 Å². The Balaban J connectivity index is 1.42. The van der Waals surface area contributed by atoms with Crippen molar-refractivity contribution < 1.29 is 47.6 Å². The fourth-order valence-corrected chi connectivity index (χ4v) is 5.40. The van der Waals surface area contributed by atoms with Gasteiger partial charge in [0.25, 0.3) is 0 Å². The quantitative estimate of drug-likeness (QED) is 0.255. The van der Waals surface area contributed by atoms with Gasteiger partial charge in [-0.3, -0.25) is 9.59 Å². The van der Waals surface area contributed by atoms with Crippen LogP contribution in [-0.4, -0.2) is 46.4 Å². The Morgan fingerprint density at radius 1 is 1.15 bits per heavy atom. The van der Waals surface area contributed by atoms with Crippen LogP contribution in [0, 0.1) is 17.3 Å². The highest BCUT2D eigenvalue weighted by Crippen LogP contribution is 2.61. The number of esters is 2. The molecule has 11 heteroatoms. The SMILES string of the molecule is O=C(CCOC(=O)C12CC3CC(CC(O)(C3)C1)C2)OCC(F)(F)SOOO. The Bertz CT molecular complexity index is 573. The molecule has 2 atom stereocenters. The molecule has 0 aromatic rings. The zero-order valence-electron chi connectivity index (χ0n) is 14.5. The summed E-state index contributed by atoms with van der Waals surface area (Å²) >= 11 is -0.511. The summed E-state index contributed by atoms with van der Waals surface area (Å²) in [5.41, 5.74) is -1.50. The molecule has 0 aliphatic heterocycles. The monoisotopic (exact) mass is 412 g/mol. The van der Waals surface area contributed by atoms with E-state index < -0.39 is 46.9 Å². The topological polar surface area (TPSA) is 112 Å². The molecule has 0 radical (unpaired) electrons. The van der Waals surface area contributed by atoms with Gasteiger partial charge in [-0.1, -0.05) is 5.04 Å². The molecule has 4 aliphatic rings. The number of hydrogen-bond acceptors (Lipinski definition) is 9.